The predicted octanol–water partition coefficient (Wildman–Crippen LogP) is 2.97. The number of amides is 1. The van der Waals surface area contributed by atoms with Gasteiger partial charge in [-0.15, -0.1) is 11.3 Å². The standard InChI is InChI=1S/C21H22N2O4S/c1-27-17-7-4-14(5-8-17)15-6-9-18-19(11-15)28-21(23-18)12-20(26)22-13-16(25)3-2-10-24/h4-9,11,24H,2-3,10,12-13H2,1H3,(H,22,26). The van der Waals surface area contributed by atoms with Crippen LogP contribution in [0.4, 0.5) is 0 Å². The van der Waals surface area contributed by atoms with Crippen molar-refractivity contribution >= 4 is 33.2 Å². The summed E-state index contributed by atoms with van der Waals surface area (Å²) in [4.78, 5) is 28.1. The van der Waals surface area contributed by atoms with Crippen LogP contribution in [0, 0.1) is 0 Å². The van der Waals surface area contributed by atoms with Crippen molar-refractivity contribution in [2.75, 3.05) is 20.3 Å². The number of Topliss-reactive ketones (excluding diaryl/α,β-unsaturated/α-hetero) is 1. The van der Waals surface area contributed by atoms with Gasteiger partial charge in [-0.25, -0.2) is 4.98 Å². The number of thiazole rings is 1. The number of nitrogens with zero attached hydrogens (tertiary/aromatic N) is 1. The number of hydrogen-bond acceptors (Lipinski definition) is 6. The van der Waals surface area contributed by atoms with Crippen molar-refractivity contribution in [1.82, 2.24) is 10.3 Å². The zero-order valence-electron chi connectivity index (χ0n) is 15.6. The Morgan fingerprint density at radius 2 is 1.89 bits per heavy atom. The van der Waals surface area contributed by atoms with Gasteiger partial charge < -0.3 is 15.2 Å². The maximum atomic E-state index is 12.1. The van der Waals surface area contributed by atoms with Crippen LogP contribution in [0.25, 0.3) is 21.3 Å². The van der Waals surface area contributed by atoms with Crippen molar-refractivity contribution in [3.8, 4) is 16.9 Å². The first kappa shape index (κ1) is 20.0. The highest BCUT2D eigenvalue weighted by molar-refractivity contribution is 7.18. The van der Waals surface area contributed by atoms with Crippen LogP contribution in [0.3, 0.4) is 0 Å². The summed E-state index contributed by atoms with van der Waals surface area (Å²) < 4.78 is 6.20. The molecule has 28 heavy (non-hydrogen) atoms. The molecule has 0 aliphatic heterocycles. The van der Waals surface area contributed by atoms with Crippen LogP contribution in [-0.4, -0.2) is 42.0 Å². The number of aromatic nitrogens is 1. The summed E-state index contributed by atoms with van der Waals surface area (Å²) in [6.45, 7) is -0.0325. The zero-order chi connectivity index (χ0) is 19.9. The van der Waals surface area contributed by atoms with E-state index >= 15 is 0 Å². The summed E-state index contributed by atoms with van der Waals surface area (Å²) in [6, 6.07) is 13.9. The molecule has 0 saturated carbocycles. The molecule has 146 valence electrons. The van der Waals surface area contributed by atoms with E-state index in [-0.39, 0.29) is 37.7 Å². The van der Waals surface area contributed by atoms with Crippen molar-refractivity contribution in [3.05, 3.63) is 47.5 Å². The number of fused-ring (bicyclic) bond motifs is 1. The van der Waals surface area contributed by atoms with Gasteiger partial charge in [0, 0.05) is 13.0 Å². The molecule has 2 N–H and O–H groups in total. The second-order valence-electron chi connectivity index (χ2n) is 6.34. The smallest absolute Gasteiger partial charge is 0.227 e. The lowest BCUT2D eigenvalue weighted by atomic mass is 10.1. The number of nitrogens with one attached hydrogen (secondary N) is 1. The average molecular weight is 398 g/mol. The van der Waals surface area contributed by atoms with Crippen LogP contribution in [0.15, 0.2) is 42.5 Å². The Balaban J connectivity index is 1.65. The monoisotopic (exact) mass is 398 g/mol. The number of methoxy groups -OCH3 is 1. The fourth-order valence-corrected chi connectivity index (χ4v) is 3.78. The minimum absolute atomic E-state index is 0.00859. The highest BCUT2D eigenvalue weighted by Crippen LogP contribution is 2.29. The third-order valence-electron chi connectivity index (χ3n) is 4.26. The predicted molar refractivity (Wildman–Crippen MR) is 110 cm³/mol. The lowest BCUT2D eigenvalue weighted by molar-refractivity contribution is -0.124. The molecular formula is C21H22N2O4S. The van der Waals surface area contributed by atoms with Crippen LogP contribution >= 0.6 is 11.3 Å². The van der Waals surface area contributed by atoms with Crippen molar-refractivity contribution < 1.29 is 19.4 Å². The van der Waals surface area contributed by atoms with Gasteiger partial charge in [-0.2, -0.15) is 0 Å². The molecule has 1 aromatic heterocycles. The number of hydrogen-bond donors (Lipinski definition) is 2. The number of ether oxygens (including phenoxy) is 1. The second-order valence-corrected chi connectivity index (χ2v) is 7.45. The minimum Gasteiger partial charge on any atom is -0.497 e. The quantitative estimate of drug-likeness (QED) is 0.579. The topological polar surface area (TPSA) is 88.5 Å². The van der Waals surface area contributed by atoms with E-state index in [2.05, 4.69) is 16.4 Å². The molecule has 0 bridgehead atoms. The maximum absolute atomic E-state index is 12.1. The van der Waals surface area contributed by atoms with Crippen LogP contribution in [0.5, 0.6) is 5.75 Å². The Hall–Kier alpha value is -2.77. The van der Waals surface area contributed by atoms with Crippen molar-refractivity contribution in [2.24, 2.45) is 0 Å². The van der Waals surface area contributed by atoms with Crippen LogP contribution in [0.2, 0.25) is 0 Å². The van der Waals surface area contributed by atoms with Crippen LogP contribution in [-0.2, 0) is 16.0 Å². The van der Waals surface area contributed by atoms with Crippen molar-refractivity contribution in [3.63, 3.8) is 0 Å². The Kier molecular flexibility index (Phi) is 6.73. The lowest BCUT2D eigenvalue weighted by Crippen LogP contribution is -2.30. The summed E-state index contributed by atoms with van der Waals surface area (Å²) in [6.07, 6.45) is 0.833. The van der Waals surface area contributed by atoms with Gasteiger partial charge in [-0.1, -0.05) is 18.2 Å². The second kappa shape index (κ2) is 9.43. The number of benzene rings is 2. The molecule has 7 heteroatoms. The molecule has 0 radical (unpaired) electrons. The third kappa shape index (κ3) is 5.15. The molecule has 0 atom stereocenters. The van der Waals surface area contributed by atoms with Gasteiger partial charge >= 0.3 is 0 Å². The number of rotatable bonds is 9. The summed E-state index contributed by atoms with van der Waals surface area (Å²) in [5, 5.41) is 12.0. The lowest BCUT2D eigenvalue weighted by Gasteiger charge is -2.03. The van der Waals surface area contributed by atoms with Gasteiger partial charge in [-0.05, 0) is 41.8 Å². The van der Waals surface area contributed by atoms with Gasteiger partial charge in [0.25, 0.3) is 0 Å². The number of carbonyl (C=O) groups is 2. The first-order valence-corrected chi connectivity index (χ1v) is 9.84. The summed E-state index contributed by atoms with van der Waals surface area (Å²) in [7, 11) is 1.64. The Morgan fingerprint density at radius 3 is 2.61 bits per heavy atom. The molecule has 0 aliphatic carbocycles. The largest absolute Gasteiger partial charge is 0.497 e. The molecule has 3 aromatic rings. The number of aliphatic hydroxyl groups is 1. The molecular weight excluding hydrogens is 376 g/mol. The first-order valence-electron chi connectivity index (χ1n) is 9.02. The SMILES string of the molecule is COc1ccc(-c2ccc3nc(CC(=O)NCC(=O)CCCO)sc3c2)cc1. The van der Waals surface area contributed by atoms with Gasteiger partial charge in [0.2, 0.25) is 5.91 Å². The molecule has 2 aromatic carbocycles. The summed E-state index contributed by atoms with van der Waals surface area (Å²) in [5.74, 6) is 0.494. The average Bonchev–Trinajstić information content (AvgIpc) is 3.12. The molecule has 0 saturated heterocycles. The number of aliphatic hydroxyl groups excluding tert-OH is 1. The van der Waals surface area contributed by atoms with Gasteiger partial charge in [0.15, 0.2) is 5.78 Å². The molecule has 0 fully saturated rings. The van der Waals surface area contributed by atoms with Crippen LogP contribution in [0.1, 0.15) is 17.8 Å². The Morgan fingerprint density at radius 1 is 1.14 bits per heavy atom. The summed E-state index contributed by atoms with van der Waals surface area (Å²) in [5.41, 5.74) is 3.00. The van der Waals surface area contributed by atoms with E-state index in [1.54, 1.807) is 7.11 Å². The number of carbonyl (C=O) groups excluding carboxylic acids is 2. The fourth-order valence-electron chi connectivity index (χ4n) is 2.77. The minimum atomic E-state index is -0.230. The maximum Gasteiger partial charge on any atom is 0.227 e. The highest BCUT2D eigenvalue weighted by atomic mass is 32.1. The summed E-state index contributed by atoms with van der Waals surface area (Å²) >= 11 is 1.48. The molecule has 1 amide bonds. The third-order valence-corrected chi connectivity index (χ3v) is 5.28. The molecule has 1 heterocycles. The Labute approximate surface area is 167 Å². The fraction of sp³-hybridized carbons (Fsp3) is 0.286. The van der Waals surface area contributed by atoms with E-state index in [0.717, 1.165) is 27.1 Å². The molecule has 3 rings (SSSR count). The highest BCUT2D eigenvalue weighted by Gasteiger charge is 2.11. The van der Waals surface area contributed by atoms with E-state index in [1.807, 2.05) is 36.4 Å². The first-order chi connectivity index (χ1) is 13.6. The van der Waals surface area contributed by atoms with Crippen LogP contribution < -0.4 is 10.1 Å². The van der Waals surface area contributed by atoms with Gasteiger partial charge in [0.1, 0.15) is 10.8 Å². The van der Waals surface area contributed by atoms with E-state index in [0.29, 0.717) is 11.4 Å². The molecule has 0 aliphatic rings. The molecule has 0 spiro atoms. The van der Waals surface area contributed by atoms with E-state index in [1.165, 1.54) is 11.3 Å². The van der Waals surface area contributed by atoms with E-state index < -0.39 is 0 Å². The Bertz CT molecular complexity index is 966. The van der Waals surface area contributed by atoms with Crippen molar-refractivity contribution in [2.45, 2.75) is 19.3 Å². The molecule has 0 unspecified atom stereocenters. The number of ketones is 1. The molecule has 6 nitrogen and oxygen atoms in total. The van der Waals surface area contributed by atoms with E-state index in [9.17, 15) is 9.59 Å². The van der Waals surface area contributed by atoms with E-state index in [4.69, 9.17) is 9.84 Å². The van der Waals surface area contributed by atoms with Gasteiger partial charge in [0.05, 0.1) is 30.3 Å². The van der Waals surface area contributed by atoms with Gasteiger partial charge in [-0.3, -0.25) is 9.59 Å². The van der Waals surface area contributed by atoms with Crippen molar-refractivity contribution in [1.29, 1.82) is 0 Å². The zero-order valence-corrected chi connectivity index (χ0v) is 16.4. The normalized spacial score (nSPS) is 10.8.